The Morgan fingerprint density at radius 1 is 1.08 bits per heavy atom. The summed E-state index contributed by atoms with van der Waals surface area (Å²) in [5.74, 6) is -2.12. The number of carbonyl (C=O) groups is 2. The predicted octanol–water partition coefficient (Wildman–Crippen LogP) is -3.02. The molecular weight excluding hydrogens is 169 g/mol. The molecule has 0 spiro atoms. The summed E-state index contributed by atoms with van der Waals surface area (Å²) in [7, 11) is -0.750. The normalized spacial score (nSPS) is 7.83. The second-order valence-corrected chi connectivity index (χ2v) is 1.53. The molecule has 8 heteroatoms. The van der Waals surface area contributed by atoms with E-state index >= 15 is 0 Å². The van der Waals surface area contributed by atoms with Gasteiger partial charge in [-0.2, -0.15) is 0 Å². The monoisotopic (exact) mass is 179 g/mol. The van der Waals surface area contributed by atoms with Crippen LogP contribution in [0.4, 0.5) is 0 Å². The third kappa shape index (κ3) is 23.1. The molecule has 70 valence electrons. The largest absolute Gasteiger partial charge is 0.480 e. The molecule has 0 radical (unpaired) electrons. The molecule has 12 heavy (non-hydrogen) atoms. The van der Waals surface area contributed by atoms with Gasteiger partial charge >= 0.3 is 19.6 Å². The molecular formula is C4H10BNO6. The Morgan fingerprint density at radius 3 is 1.50 bits per heavy atom. The van der Waals surface area contributed by atoms with Crippen LogP contribution in [-0.2, 0) is 9.59 Å². The molecule has 0 heterocycles. The van der Waals surface area contributed by atoms with Gasteiger partial charge in [0.2, 0.25) is 0 Å². The first-order valence-electron chi connectivity index (χ1n) is 2.90. The third-order valence-corrected chi connectivity index (χ3v) is 0.552. The van der Waals surface area contributed by atoms with Crippen molar-refractivity contribution in [3.8, 4) is 0 Å². The molecule has 0 saturated carbocycles. The van der Waals surface area contributed by atoms with Gasteiger partial charge in [-0.3, -0.25) is 14.9 Å². The zero-order valence-corrected chi connectivity index (χ0v) is 6.23. The van der Waals surface area contributed by atoms with Crippen LogP contribution in [0.25, 0.3) is 0 Å². The lowest BCUT2D eigenvalue weighted by Gasteiger charge is -1.93. The third-order valence-electron chi connectivity index (χ3n) is 0.552. The van der Waals surface area contributed by atoms with Crippen molar-refractivity contribution in [3.05, 3.63) is 0 Å². The van der Waals surface area contributed by atoms with E-state index in [1.807, 2.05) is 0 Å². The highest BCUT2D eigenvalue weighted by molar-refractivity contribution is 6.13. The lowest BCUT2D eigenvalue weighted by atomic mass is 10.5. The van der Waals surface area contributed by atoms with Crippen molar-refractivity contribution in [1.29, 1.82) is 0 Å². The maximum absolute atomic E-state index is 9.73. The molecule has 0 aliphatic heterocycles. The first kappa shape index (κ1) is 13.5. The van der Waals surface area contributed by atoms with Crippen LogP contribution >= 0.6 is 0 Å². The van der Waals surface area contributed by atoms with Crippen LogP contribution in [0.2, 0.25) is 0 Å². The van der Waals surface area contributed by atoms with Crippen LogP contribution in [0.15, 0.2) is 0 Å². The summed E-state index contributed by atoms with van der Waals surface area (Å²) in [4.78, 5) is 19.5. The highest BCUT2D eigenvalue weighted by atomic mass is 16.4. The van der Waals surface area contributed by atoms with Crippen molar-refractivity contribution in [1.82, 2.24) is 5.32 Å². The van der Waals surface area contributed by atoms with Crippen molar-refractivity contribution in [2.45, 2.75) is 0 Å². The molecule has 0 aliphatic carbocycles. The fraction of sp³-hybridized carbons (Fsp3) is 0.500. The molecule has 0 aliphatic rings. The molecule has 0 aromatic carbocycles. The number of nitrogens with one attached hydrogen (secondary N) is 1. The average molecular weight is 179 g/mol. The van der Waals surface area contributed by atoms with Gasteiger partial charge in [-0.25, -0.2) is 0 Å². The first-order chi connectivity index (χ1) is 5.54. The van der Waals surface area contributed by atoms with Gasteiger partial charge in [-0.05, 0) is 0 Å². The summed E-state index contributed by atoms with van der Waals surface area (Å²) < 4.78 is 0. The molecule has 0 fully saturated rings. The van der Waals surface area contributed by atoms with Gasteiger partial charge in [0.15, 0.2) is 0 Å². The summed E-state index contributed by atoms with van der Waals surface area (Å²) in [6.45, 7) is -0.626. The van der Waals surface area contributed by atoms with Crippen molar-refractivity contribution in [2.24, 2.45) is 0 Å². The predicted molar refractivity (Wildman–Crippen MR) is 39.7 cm³/mol. The van der Waals surface area contributed by atoms with E-state index in [1.54, 1.807) is 0 Å². The minimum absolute atomic E-state index is 0.313. The molecule has 7 nitrogen and oxygen atoms in total. The van der Waals surface area contributed by atoms with Crippen molar-refractivity contribution < 1.29 is 29.9 Å². The number of carboxylic acids is 2. The molecule has 0 bridgehead atoms. The molecule has 0 amide bonds. The highest BCUT2D eigenvalue weighted by Crippen LogP contribution is 1.61. The summed E-state index contributed by atoms with van der Waals surface area (Å²) in [5.41, 5.74) is 0. The standard InChI is InChI=1S/C4H7NO4.BH3O2/c6-3(7)1-5-2-4(8)9;2-1-3/h5H,1-2H2,(H,6,7)(H,8,9);1-3H. The number of carboxylic acid groups (broad SMARTS) is 2. The van der Waals surface area contributed by atoms with E-state index in [2.05, 4.69) is 5.32 Å². The van der Waals surface area contributed by atoms with Crippen LogP contribution < -0.4 is 5.32 Å². The van der Waals surface area contributed by atoms with E-state index in [0.29, 0.717) is 0 Å². The Kier molecular flexibility index (Phi) is 11.1. The fourth-order valence-corrected chi connectivity index (χ4v) is 0.276. The minimum Gasteiger partial charge on any atom is -0.480 e. The van der Waals surface area contributed by atoms with Gasteiger partial charge in [0.25, 0.3) is 0 Å². The molecule has 0 aromatic heterocycles. The Hall–Kier alpha value is -1.12. The Morgan fingerprint density at radius 2 is 1.33 bits per heavy atom. The second-order valence-electron chi connectivity index (χ2n) is 1.53. The SMILES string of the molecule is O=C(O)CNCC(=O)O.OBO. The number of rotatable bonds is 4. The second kappa shape index (κ2) is 9.88. The van der Waals surface area contributed by atoms with E-state index in [1.165, 1.54) is 0 Å². The molecule has 0 atom stereocenters. The van der Waals surface area contributed by atoms with E-state index < -0.39 is 19.6 Å². The Labute approximate surface area is 68.9 Å². The summed E-state index contributed by atoms with van der Waals surface area (Å²) in [6, 6.07) is 0. The van der Waals surface area contributed by atoms with E-state index in [4.69, 9.17) is 20.3 Å². The van der Waals surface area contributed by atoms with Gasteiger partial charge in [0.05, 0.1) is 13.1 Å². The molecule has 0 rings (SSSR count). The smallest absolute Gasteiger partial charge is 0.432 e. The average Bonchev–Trinajstić information content (AvgIpc) is 1.87. The topological polar surface area (TPSA) is 127 Å². The van der Waals surface area contributed by atoms with Gasteiger partial charge in [0.1, 0.15) is 0 Å². The molecule has 0 saturated heterocycles. The van der Waals surface area contributed by atoms with Crippen LogP contribution in [0.5, 0.6) is 0 Å². The summed E-state index contributed by atoms with van der Waals surface area (Å²) in [5, 5.41) is 32.4. The van der Waals surface area contributed by atoms with Gasteiger partial charge < -0.3 is 20.3 Å². The maximum Gasteiger partial charge on any atom is 0.432 e. The number of hydrogen-bond acceptors (Lipinski definition) is 5. The van der Waals surface area contributed by atoms with Gasteiger partial charge in [-0.15, -0.1) is 0 Å². The van der Waals surface area contributed by atoms with Crippen LogP contribution in [0.1, 0.15) is 0 Å². The van der Waals surface area contributed by atoms with E-state index in [9.17, 15) is 9.59 Å². The maximum atomic E-state index is 9.73. The minimum atomic E-state index is -1.06. The van der Waals surface area contributed by atoms with Crippen LogP contribution in [0, 0.1) is 0 Å². The van der Waals surface area contributed by atoms with Gasteiger partial charge in [-0.1, -0.05) is 0 Å². The molecule has 5 N–H and O–H groups in total. The summed E-state index contributed by atoms with van der Waals surface area (Å²) in [6.07, 6.45) is 0. The van der Waals surface area contributed by atoms with Crippen LogP contribution in [0.3, 0.4) is 0 Å². The number of hydrogen-bond donors (Lipinski definition) is 5. The fourth-order valence-electron chi connectivity index (χ4n) is 0.276. The van der Waals surface area contributed by atoms with Crippen LogP contribution in [-0.4, -0.2) is 53.0 Å². The zero-order chi connectivity index (χ0) is 9.98. The van der Waals surface area contributed by atoms with Gasteiger partial charge in [0, 0.05) is 0 Å². The van der Waals surface area contributed by atoms with Crippen molar-refractivity contribution in [2.75, 3.05) is 13.1 Å². The lowest BCUT2D eigenvalue weighted by molar-refractivity contribution is -0.137. The summed E-state index contributed by atoms with van der Waals surface area (Å²) >= 11 is 0. The van der Waals surface area contributed by atoms with E-state index in [0.717, 1.165) is 0 Å². The Bertz CT molecular complexity index is 126. The van der Waals surface area contributed by atoms with E-state index in [-0.39, 0.29) is 13.1 Å². The quantitative estimate of drug-likeness (QED) is 0.290. The van der Waals surface area contributed by atoms with Crippen molar-refractivity contribution >= 4 is 19.6 Å². The molecule has 0 aromatic rings. The first-order valence-corrected chi connectivity index (χ1v) is 2.90. The van der Waals surface area contributed by atoms with Crippen molar-refractivity contribution in [3.63, 3.8) is 0 Å². The Balaban J connectivity index is 0. The molecule has 0 unspecified atom stereocenters. The zero-order valence-electron chi connectivity index (χ0n) is 6.23. The highest BCUT2D eigenvalue weighted by Gasteiger charge is 1.97. The number of aliphatic carboxylic acids is 2. The lowest BCUT2D eigenvalue weighted by Crippen LogP contribution is -2.27.